The summed E-state index contributed by atoms with van der Waals surface area (Å²) in [6.07, 6.45) is 1.79. The predicted molar refractivity (Wildman–Crippen MR) is 67.3 cm³/mol. The number of nitrogens with zero attached hydrogens (tertiary/aromatic N) is 1. The number of fused-ring (bicyclic) bond motifs is 1. The average Bonchev–Trinajstić information content (AvgIpc) is 2.87. The molecule has 0 amide bonds. The number of pyridine rings is 1. The van der Waals surface area contributed by atoms with E-state index in [1.165, 1.54) is 0 Å². The second-order valence-electron chi connectivity index (χ2n) is 3.85. The van der Waals surface area contributed by atoms with Gasteiger partial charge in [0.25, 0.3) is 0 Å². The molecule has 0 saturated heterocycles. The second kappa shape index (κ2) is 4.03. The molecule has 3 heteroatoms. The van der Waals surface area contributed by atoms with Crippen LogP contribution in [0.2, 0.25) is 0 Å². The van der Waals surface area contributed by atoms with Crippen molar-refractivity contribution in [3.8, 4) is 11.3 Å². The fourth-order valence-electron chi connectivity index (χ4n) is 1.95. The van der Waals surface area contributed by atoms with E-state index in [0.29, 0.717) is 6.54 Å². The Morgan fingerprint density at radius 2 is 2.00 bits per heavy atom. The normalized spacial score (nSPS) is 10.9. The van der Waals surface area contributed by atoms with E-state index < -0.39 is 0 Å². The molecule has 0 spiro atoms. The van der Waals surface area contributed by atoms with Crippen molar-refractivity contribution in [2.45, 2.75) is 6.54 Å². The summed E-state index contributed by atoms with van der Waals surface area (Å²) in [5.41, 5.74) is 7.57. The quantitative estimate of drug-likeness (QED) is 0.728. The van der Waals surface area contributed by atoms with Crippen LogP contribution in [-0.4, -0.2) is 4.98 Å². The Balaban J connectivity index is 2.23. The van der Waals surface area contributed by atoms with Gasteiger partial charge in [-0.25, -0.2) is 0 Å². The molecule has 17 heavy (non-hydrogen) atoms. The molecule has 0 bridgehead atoms. The lowest BCUT2D eigenvalue weighted by Gasteiger charge is -2.02. The number of hydrogen-bond acceptors (Lipinski definition) is 3. The Morgan fingerprint density at radius 3 is 2.82 bits per heavy atom. The van der Waals surface area contributed by atoms with Gasteiger partial charge in [0.05, 0.1) is 12.1 Å². The smallest absolute Gasteiger partial charge is 0.135 e. The van der Waals surface area contributed by atoms with E-state index in [1.807, 2.05) is 42.5 Å². The van der Waals surface area contributed by atoms with Crippen molar-refractivity contribution >= 4 is 10.9 Å². The first-order chi connectivity index (χ1) is 8.38. The molecule has 0 fully saturated rings. The zero-order valence-corrected chi connectivity index (χ0v) is 9.26. The highest BCUT2D eigenvalue weighted by Crippen LogP contribution is 2.28. The Labute approximate surface area is 98.9 Å². The lowest BCUT2D eigenvalue weighted by atomic mass is 10.1. The molecule has 3 nitrogen and oxygen atoms in total. The average molecular weight is 224 g/mol. The van der Waals surface area contributed by atoms with Crippen LogP contribution in [0.15, 0.2) is 53.1 Å². The van der Waals surface area contributed by atoms with Crippen LogP contribution in [0.1, 0.15) is 5.76 Å². The molecule has 84 valence electrons. The molecule has 2 aromatic heterocycles. The largest absolute Gasteiger partial charge is 0.460 e. The minimum absolute atomic E-state index is 0.420. The summed E-state index contributed by atoms with van der Waals surface area (Å²) in [4.78, 5) is 4.33. The van der Waals surface area contributed by atoms with Crippen LogP contribution in [0, 0.1) is 0 Å². The van der Waals surface area contributed by atoms with Crippen LogP contribution >= 0.6 is 0 Å². The van der Waals surface area contributed by atoms with E-state index in [4.69, 9.17) is 10.2 Å². The van der Waals surface area contributed by atoms with E-state index in [1.54, 1.807) is 6.20 Å². The standard InChI is InChI=1S/C14H12N2O/c15-9-10-6-7-14(17-10)12-3-1-5-13-11(12)4-2-8-16-13/h1-8H,9,15H2. The summed E-state index contributed by atoms with van der Waals surface area (Å²) in [6, 6.07) is 13.8. The highest BCUT2D eigenvalue weighted by Gasteiger charge is 2.07. The molecular weight excluding hydrogens is 212 g/mol. The van der Waals surface area contributed by atoms with Crippen molar-refractivity contribution in [2.75, 3.05) is 0 Å². The molecule has 0 aliphatic rings. The molecule has 1 aromatic carbocycles. The molecule has 2 N–H and O–H groups in total. The molecule has 0 atom stereocenters. The minimum Gasteiger partial charge on any atom is -0.460 e. The highest BCUT2D eigenvalue weighted by atomic mass is 16.3. The first-order valence-electron chi connectivity index (χ1n) is 5.51. The van der Waals surface area contributed by atoms with Gasteiger partial charge in [-0.15, -0.1) is 0 Å². The molecule has 0 aliphatic heterocycles. The fourth-order valence-corrected chi connectivity index (χ4v) is 1.95. The molecule has 0 radical (unpaired) electrons. The van der Waals surface area contributed by atoms with Gasteiger partial charge in [0, 0.05) is 17.1 Å². The Bertz CT molecular complexity index is 653. The molecule has 0 aliphatic carbocycles. The van der Waals surface area contributed by atoms with Crippen molar-refractivity contribution in [3.05, 3.63) is 54.4 Å². The van der Waals surface area contributed by atoms with Crippen LogP contribution in [0.25, 0.3) is 22.2 Å². The minimum atomic E-state index is 0.420. The van der Waals surface area contributed by atoms with Gasteiger partial charge in [0.1, 0.15) is 11.5 Å². The number of benzene rings is 1. The SMILES string of the molecule is NCc1ccc(-c2cccc3ncccc23)o1. The number of rotatable bonds is 2. The maximum absolute atomic E-state index is 5.67. The van der Waals surface area contributed by atoms with Gasteiger partial charge >= 0.3 is 0 Å². The zero-order valence-electron chi connectivity index (χ0n) is 9.26. The first kappa shape index (κ1) is 10.1. The van der Waals surface area contributed by atoms with Crippen LogP contribution in [-0.2, 0) is 6.54 Å². The van der Waals surface area contributed by atoms with Gasteiger partial charge in [-0.05, 0) is 24.3 Å². The summed E-state index contributed by atoms with van der Waals surface area (Å²) < 4.78 is 5.67. The van der Waals surface area contributed by atoms with Crippen LogP contribution < -0.4 is 5.73 Å². The monoisotopic (exact) mass is 224 g/mol. The van der Waals surface area contributed by atoms with E-state index in [9.17, 15) is 0 Å². The van der Waals surface area contributed by atoms with Crippen molar-refractivity contribution in [3.63, 3.8) is 0 Å². The number of furan rings is 1. The summed E-state index contributed by atoms with van der Waals surface area (Å²) in [5, 5.41) is 1.09. The topological polar surface area (TPSA) is 52.0 Å². The van der Waals surface area contributed by atoms with Crippen LogP contribution in [0.4, 0.5) is 0 Å². The fraction of sp³-hybridized carbons (Fsp3) is 0.0714. The lowest BCUT2D eigenvalue weighted by Crippen LogP contribution is -1.92. The third-order valence-corrected chi connectivity index (χ3v) is 2.77. The van der Waals surface area contributed by atoms with Gasteiger partial charge in [-0.1, -0.05) is 18.2 Å². The predicted octanol–water partition coefficient (Wildman–Crippen LogP) is 2.95. The van der Waals surface area contributed by atoms with Gasteiger partial charge in [0.2, 0.25) is 0 Å². The second-order valence-corrected chi connectivity index (χ2v) is 3.85. The summed E-state index contributed by atoms with van der Waals surface area (Å²) in [7, 11) is 0. The Hall–Kier alpha value is -2.13. The number of hydrogen-bond donors (Lipinski definition) is 1. The highest BCUT2D eigenvalue weighted by molar-refractivity contribution is 5.93. The molecule has 3 rings (SSSR count). The zero-order chi connectivity index (χ0) is 11.7. The van der Waals surface area contributed by atoms with Crippen molar-refractivity contribution < 1.29 is 4.42 Å². The first-order valence-corrected chi connectivity index (χ1v) is 5.51. The van der Waals surface area contributed by atoms with E-state index in [0.717, 1.165) is 28.0 Å². The third-order valence-electron chi connectivity index (χ3n) is 2.77. The molecule has 3 aromatic rings. The van der Waals surface area contributed by atoms with E-state index in [2.05, 4.69) is 4.98 Å². The maximum atomic E-state index is 5.67. The molecule has 2 heterocycles. The summed E-state index contributed by atoms with van der Waals surface area (Å²) in [6.45, 7) is 0.420. The van der Waals surface area contributed by atoms with E-state index in [-0.39, 0.29) is 0 Å². The lowest BCUT2D eigenvalue weighted by molar-refractivity contribution is 0.526. The van der Waals surface area contributed by atoms with Crippen molar-refractivity contribution in [2.24, 2.45) is 5.73 Å². The summed E-state index contributed by atoms with van der Waals surface area (Å²) in [5.74, 6) is 1.63. The summed E-state index contributed by atoms with van der Waals surface area (Å²) >= 11 is 0. The van der Waals surface area contributed by atoms with Gasteiger partial charge in [-0.2, -0.15) is 0 Å². The van der Waals surface area contributed by atoms with Crippen LogP contribution in [0.5, 0.6) is 0 Å². The van der Waals surface area contributed by atoms with Gasteiger partial charge in [0.15, 0.2) is 0 Å². The Morgan fingerprint density at radius 1 is 1.06 bits per heavy atom. The Kier molecular flexibility index (Phi) is 2.38. The number of nitrogens with two attached hydrogens (primary N) is 1. The maximum Gasteiger partial charge on any atom is 0.135 e. The van der Waals surface area contributed by atoms with Crippen molar-refractivity contribution in [1.29, 1.82) is 0 Å². The molecule has 0 unspecified atom stereocenters. The van der Waals surface area contributed by atoms with Gasteiger partial charge < -0.3 is 10.2 Å². The van der Waals surface area contributed by atoms with Gasteiger partial charge in [-0.3, -0.25) is 4.98 Å². The molecular formula is C14H12N2O. The third kappa shape index (κ3) is 1.70. The molecule has 0 saturated carbocycles. The van der Waals surface area contributed by atoms with E-state index >= 15 is 0 Å². The van der Waals surface area contributed by atoms with Crippen molar-refractivity contribution in [1.82, 2.24) is 4.98 Å². The van der Waals surface area contributed by atoms with Crippen LogP contribution in [0.3, 0.4) is 0 Å². The number of aromatic nitrogens is 1.